The fourth-order valence-corrected chi connectivity index (χ4v) is 10.2. The predicted octanol–water partition coefficient (Wildman–Crippen LogP) is 12.0. The first-order chi connectivity index (χ1) is 34.4. The van der Waals surface area contributed by atoms with Crippen molar-refractivity contribution in [1.29, 1.82) is 0 Å². The number of benzene rings is 2. The van der Waals surface area contributed by atoms with E-state index in [2.05, 4.69) is 19.2 Å². The van der Waals surface area contributed by atoms with E-state index in [0.29, 0.717) is 12.0 Å². The number of unbranched alkanes of at least 4 members (excludes halogenated alkanes) is 23. The van der Waals surface area contributed by atoms with Crippen molar-refractivity contribution in [2.75, 3.05) is 13.2 Å². The summed E-state index contributed by atoms with van der Waals surface area (Å²) in [6.45, 7) is 4.11. The summed E-state index contributed by atoms with van der Waals surface area (Å²) in [6.07, 6.45) is 23.6. The molecule has 71 heavy (non-hydrogen) atoms. The molecule has 15 nitrogen and oxygen atoms in total. The Morgan fingerprint density at radius 1 is 0.662 bits per heavy atom. The van der Waals surface area contributed by atoms with Crippen LogP contribution in [0.1, 0.15) is 198 Å². The average Bonchev–Trinajstić information content (AvgIpc) is 3.34. The second-order valence-corrected chi connectivity index (χ2v) is 21.3. The Hall–Kier alpha value is -2.81. The molecule has 3 N–H and O–H groups in total. The molecule has 1 amide bonds. The molecule has 4 rings (SSSR count). The molecule has 0 saturated carbocycles. The van der Waals surface area contributed by atoms with Gasteiger partial charge in [-0.1, -0.05) is 228 Å². The van der Waals surface area contributed by atoms with Gasteiger partial charge in [0.1, 0.15) is 18.3 Å². The summed E-state index contributed by atoms with van der Waals surface area (Å²) in [5, 5.41) is 3.11. The SMILES string of the molecule is CCCCCCCCCCCCC/C=C/[C@@H](OCc1ccccc1)[C@H](COC1OC2COC(c3ccccc3)OC2C(OS(=O)(=O)O)C1OS(=O)(=O)O)NC(=O)CCCCCCCCCCCCCCC. The normalized spacial score (nSPS) is 21.5. The zero-order valence-electron chi connectivity index (χ0n) is 42.7. The molecule has 2 aliphatic heterocycles. The van der Waals surface area contributed by atoms with Crippen molar-refractivity contribution in [3.8, 4) is 0 Å². The summed E-state index contributed by atoms with van der Waals surface area (Å²) < 4.78 is 110. The molecule has 2 aliphatic rings. The largest absolute Gasteiger partial charge is 0.397 e. The average molecular weight is 1040 g/mol. The van der Waals surface area contributed by atoms with Crippen molar-refractivity contribution in [3.63, 3.8) is 0 Å². The van der Waals surface area contributed by atoms with Crippen LogP contribution in [0.3, 0.4) is 0 Å². The lowest BCUT2D eigenvalue weighted by Gasteiger charge is -2.47. The van der Waals surface area contributed by atoms with E-state index in [0.717, 1.165) is 50.5 Å². The minimum Gasteiger partial charge on any atom is -0.367 e. The number of hydrogen-bond acceptors (Lipinski definition) is 12. The summed E-state index contributed by atoms with van der Waals surface area (Å²) in [6, 6.07) is 17.4. The highest BCUT2D eigenvalue weighted by Crippen LogP contribution is 2.38. The molecule has 2 saturated heterocycles. The highest BCUT2D eigenvalue weighted by atomic mass is 32.3. The number of nitrogens with one attached hydrogen (secondary N) is 1. The van der Waals surface area contributed by atoms with Crippen LogP contribution in [0.5, 0.6) is 0 Å². The standard InChI is InChI=1S/C54H87NO14S2/c1-3-5-7-9-11-13-15-17-19-21-23-25-33-39-47(63-41-44-35-29-27-30-36-44)46(55-49(56)40-34-26-24-22-20-18-16-14-12-10-8-6-4-2)42-64-54-52(69-71(60,61)62)51(68-70(57,58)59)50-48(66-54)43-65-53(67-50)45-37-31-28-32-38-45/h27-33,35-39,46-48,50-54H,3-26,34,40-43H2,1-2H3,(H,55,56)(H,57,58,59)(H,60,61,62)/b39-33+/t46-,47+,48?,50?,51?,52?,53?,54?/m0/s1. The minimum absolute atomic E-state index is 0.194. The smallest absolute Gasteiger partial charge is 0.367 e. The molecule has 0 radical (unpaired) electrons. The van der Waals surface area contributed by atoms with Crippen LogP contribution < -0.4 is 5.32 Å². The van der Waals surface area contributed by atoms with Crippen LogP contribution in [0.15, 0.2) is 72.8 Å². The third-order valence-corrected chi connectivity index (χ3v) is 14.0. The van der Waals surface area contributed by atoms with Crippen LogP contribution in [0.4, 0.5) is 0 Å². The molecular formula is C54H87NO14S2. The molecule has 2 fully saturated rings. The van der Waals surface area contributed by atoms with Crippen LogP contribution in [0.2, 0.25) is 0 Å². The predicted molar refractivity (Wildman–Crippen MR) is 275 cm³/mol. The third-order valence-electron chi connectivity index (χ3n) is 13.1. The zero-order valence-corrected chi connectivity index (χ0v) is 44.3. The molecule has 0 aromatic heterocycles. The number of rotatable bonds is 40. The van der Waals surface area contributed by atoms with Crippen LogP contribution in [0, 0.1) is 0 Å². The molecule has 0 spiro atoms. The van der Waals surface area contributed by atoms with E-state index < -0.39 is 69.9 Å². The molecule has 2 heterocycles. The monoisotopic (exact) mass is 1040 g/mol. The zero-order chi connectivity index (χ0) is 51.0. The third kappa shape index (κ3) is 26.3. The Morgan fingerprint density at radius 3 is 1.69 bits per heavy atom. The lowest BCUT2D eigenvalue weighted by molar-refractivity contribution is -0.355. The van der Waals surface area contributed by atoms with Gasteiger partial charge in [0, 0.05) is 12.0 Å². The number of amides is 1. The summed E-state index contributed by atoms with van der Waals surface area (Å²) >= 11 is 0. The fourth-order valence-electron chi connectivity index (χ4n) is 9.18. The molecule has 6 unspecified atom stereocenters. The molecule has 404 valence electrons. The Balaban J connectivity index is 1.48. The number of hydrogen-bond donors (Lipinski definition) is 3. The molecule has 0 aliphatic carbocycles. The van der Waals surface area contributed by atoms with Crippen molar-refractivity contribution < 1.29 is 62.8 Å². The van der Waals surface area contributed by atoms with Crippen molar-refractivity contribution in [3.05, 3.63) is 83.9 Å². The van der Waals surface area contributed by atoms with Crippen molar-refractivity contribution in [2.24, 2.45) is 0 Å². The lowest BCUT2D eigenvalue weighted by Crippen LogP contribution is -2.64. The van der Waals surface area contributed by atoms with E-state index >= 15 is 0 Å². The van der Waals surface area contributed by atoms with Gasteiger partial charge in [-0.05, 0) is 24.8 Å². The van der Waals surface area contributed by atoms with Gasteiger partial charge in [-0.15, -0.1) is 0 Å². The number of allylic oxidation sites excluding steroid dienone is 1. The summed E-state index contributed by atoms with van der Waals surface area (Å²) in [4.78, 5) is 13.8. The maximum absolute atomic E-state index is 13.8. The first-order valence-electron chi connectivity index (χ1n) is 26.9. The van der Waals surface area contributed by atoms with E-state index in [4.69, 9.17) is 32.1 Å². The van der Waals surface area contributed by atoms with Gasteiger partial charge in [-0.3, -0.25) is 13.9 Å². The van der Waals surface area contributed by atoms with Gasteiger partial charge in [0.2, 0.25) is 5.91 Å². The number of fused-ring (bicyclic) bond motifs is 1. The Labute approximate surface area is 426 Å². The van der Waals surface area contributed by atoms with Gasteiger partial charge in [0.25, 0.3) is 0 Å². The summed E-state index contributed by atoms with van der Waals surface area (Å²) in [7, 11) is -10.6. The molecule has 2 aromatic carbocycles. The second-order valence-electron chi connectivity index (χ2n) is 19.2. The van der Waals surface area contributed by atoms with Gasteiger partial charge in [-0.25, -0.2) is 8.37 Å². The summed E-state index contributed by atoms with van der Waals surface area (Å²) in [5.74, 6) is -0.238. The highest BCUT2D eigenvalue weighted by molar-refractivity contribution is 7.81. The Kier molecular flexibility index (Phi) is 30.3. The van der Waals surface area contributed by atoms with Gasteiger partial charge < -0.3 is 29.0 Å². The van der Waals surface area contributed by atoms with Crippen molar-refractivity contribution in [1.82, 2.24) is 5.32 Å². The van der Waals surface area contributed by atoms with Crippen LogP contribution in [0.25, 0.3) is 0 Å². The van der Waals surface area contributed by atoms with Gasteiger partial charge >= 0.3 is 20.8 Å². The quantitative estimate of drug-likeness (QED) is 0.0323. The Bertz CT molecular complexity index is 1940. The first-order valence-corrected chi connectivity index (χ1v) is 29.6. The van der Waals surface area contributed by atoms with Gasteiger partial charge in [-0.2, -0.15) is 16.8 Å². The van der Waals surface area contributed by atoms with Crippen molar-refractivity contribution >= 4 is 26.7 Å². The van der Waals surface area contributed by atoms with E-state index in [9.17, 15) is 30.7 Å². The molecule has 0 bridgehead atoms. The van der Waals surface area contributed by atoms with Crippen molar-refractivity contribution in [2.45, 2.75) is 237 Å². The van der Waals surface area contributed by atoms with E-state index in [1.54, 1.807) is 30.3 Å². The lowest BCUT2D eigenvalue weighted by atomic mass is 9.98. The minimum atomic E-state index is -5.33. The second kappa shape index (κ2) is 35.4. The number of ether oxygens (including phenoxy) is 5. The number of carbonyl (C=O) groups is 1. The molecular weight excluding hydrogens is 951 g/mol. The van der Waals surface area contributed by atoms with E-state index in [-0.39, 0.29) is 32.1 Å². The van der Waals surface area contributed by atoms with E-state index in [1.165, 1.54) is 109 Å². The van der Waals surface area contributed by atoms with Gasteiger partial charge in [0.05, 0.1) is 32.0 Å². The fraction of sp³-hybridized carbons (Fsp3) is 0.722. The first kappa shape index (κ1) is 60.7. The highest BCUT2D eigenvalue weighted by Gasteiger charge is 2.55. The molecule has 8 atom stereocenters. The molecule has 2 aromatic rings. The summed E-state index contributed by atoms with van der Waals surface area (Å²) in [5.41, 5.74) is 1.45. The van der Waals surface area contributed by atoms with Crippen LogP contribution in [-0.2, 0) is 64.2 Å². The topological polar surface area (TPSA) is 202 Å². The maximum atomic E-state index is 13.8. The molecule has 17 heteroatoms. The van der Waals surface area contributed by atoms with Crippen LogP contribution >= 0.6 is 0 Å². The maximum Gasteiger partial charge on any atom is 0.397 e. The van der Waals surface area contributed by atoms with E-state index in [1.807, 2.05) is 42.5 Å². The van der Waals surface area contributed by atoms with Crippen LogP contribution in [-0.4, -0.2) is 87.9 Å². The van der Waals surface area contributed by atoms with Gasteiger partial charge in [0.15, 0.2) is 18.7 Å². The number of carbonyl (C=O) groups excluding carboxylic acids is 1. The Morgan fingerprint density at radius 2 is 1.15 bits per heavy atom.